The number of hydrogen-bond acceptors (Lipinski definition) is 5. The summed E-state index contributed by atoms with van der Waals surface area (Å²) >= 11 is 0. The summed E-state index contributed by atoms with van der Waals surface area (Å²) in [7, 11) is -2.46. The predicted octanol–water partition coefficient (Wildman–Crippen LogP) is -0.504. The molecule has 8 nitrogen and oxygen atoms in total. The second kappa shape index (κ2) is 5.23. The molecule has 96 valence electrons. The predicted molar refractivity (Wildman–Crippen MR) is 60.0 cm³/mol. The number of sulfonamides is 1. The van der Waals surface area contributed by atoms with Crippen molar-refractivity contribution in [2.24, 2.45) is 0 Å². The van der Waals surface area contributed by atoms with Gasteiger partial charge in [-0.2, -0.15) is 4.68 Å². The molecule has 17 heavy (non-hydrogen) atoms. The van der Waals surface area contributed by atoms with Crippen LogP contribution in [-0.2, 0) is 10.0 Å². The van der Waals surface area contributed by atoms with E-state index in [2.05, 4.69) is 14.8 Å². The topological polar surface area (TPSA) is 97.2 Å². The summed E-state index contributed by atoms with van der Waals surface area (Å²) < 4.78 is 25.7. The minimum absolute atomic E-state index is 0.403. The van der Waals surface area contributed by atoms with Crippen molar-refractivity contribution in [2.75, 3.05) is 20.1 Å². The Morgan fingerprint density at radius 1 is 1.47 bits per heavy atom. The number of carbonyl (C=O) groups is 1. The lowest BCUT2D eigenvalue weighted by Crippen LogP contribution is -2.34. The Morgan fingerprint density at radius 2 is 2.06 bits per heavy atom. The van der Waals surface area contributed by atoms with Crippen LogP contribution in [0.1, 0.15) is 13.8 Å². The molecule has 0 radical (unpaired) electrons. The Morgan fingerprint density at radius 3 is 2.53 bits per heavy atom. The molecular weight excluding hydrogens is 246 g/mol. The van der Waals surface area contributed by atoms with Crippen molar-refractivity contribution in [3.05, 3.63) is 6.33 Å². The van der Waals surface area contributed by atoms with Crippen LogP contribution in [0.5, 0.6) is 0 Å². The molecule has 1 rings (SSSR count). The molecule has 0 aromatic carbocycles. The fraction of sp³-hybridized carbons (Fsp3) is 0.625. The van der Waals surface area contributed by atoms with Crippen molar-refractivity contribution < 1.29 is 13.2 Å². The largest absolute Gasteiger partial charge is 0.346 e. The van der Waals surface area contributed by atoms with Crippen LogP contribution in [0.3, 0.4) is 0 Å². The van der Waals surface area contributed by atoms with Crippen LogP contribution in [0.4, 0.5) is 4.79 Å². The van der Waals surface area contributed by atoms with Crippen LogP contribution in [0.25, 0.3) is 0 Å². The Balaban J connectivity index is 3.00. The maximum absolute atomic E-state index is 11.8. The third kappa shape index (κ3) is 2.80. The van der Waals surface area contributed by atoms with Gasteiger partial charge in [0.25, 0.3) is 15.2 Å². The number of amides is 1. The minimum atomic E-state index is -3.71. The fourth-order valence-corrected chi connectivity index (χ4v) is 1.76. The zero-order valence-corrected chi connectivity index (χ0v) is 10.7. The smallest absolute Gasteiger partial charge is 0.323 e. The van der Waals surface area contributed by atoms with Gasteiger partial charge in [0, 0.05) is 13.1 Å². The second-order valence-corrected chi connectivity index (χ2v) is 4.91. The molecule has 0 spiro atoms. The highest BCUT2D eigenvalue weighted by Crippen LogP contribution is 2.01. The average Bonchev–Trinajstić information content (AvgIpc) is 2.80. The van der Waals surface area contributed by atoms with Gasteiger partial charge in [-0.25, -0.2) is 22.9 Å². The number of rotatable bonds is 4. The van der Waals surface area contributed by atoms with Gasteiger partial charge in [0.05, 0.1) is 0 Å². The summed E-state index contributed by atoms with van der Waals surface area (Å²) in [6.45, 7) is 4.68. The molecule has 0 aliphatic heterocycles. The van der Waals surface area contributed by atoms with Crippen molar-refractivity contribution in [1.29, 1.82) is 0 Å². The van der Waals surface area contributed by atoms with Gasteiger partial charge in [-0.05, 0) is 20.9 Å². The van der Waals surface area contributed by atoms with E-state index in [0.717, 1.165) is 11.0 Å². The van der Waals surface area contributed by atoms with Gasteiger partial charge in [0.1, 0.15) is 6.33 Å². The van der Waals surface area contributed by atoms with E-state index >= 15 is 0 Å². The summed E-state index contributed by atoms with van der Waals surface area (Å²) in [5, 5.41) is 3.22. The third-order valence-electron chi connectivity index (χ3n) is 2.21. The number of hydrogen-bond donors (Lipinski definition) is 1. The first kappa shape index (κ1) is 13.6. The summed E-state index contributed by atoms with van der Waals surface area (Å²) in [5.41, 5.74) is 0. The van der Waals surface area contributed by atoms with Crippen LogP contribution < -0.4 is 4.72 Å². The number of carbonyl (C=O) groups excluding carboxylic acids is 1. The van der Waals surface area contributed by atoms with E-state index in [1.165, 1.54) is 11.9 Å². The molecule has 0 atom stereocenters. The van der Waals surface area contributed by atoms with Gasteiger partial charge in [-0.15, -0.1) is 5.10 Å². The third-order valence-corrected chi connectivity index (χ3v) is 3.42. The van der Waals surface area contributed by atoms with Crippen LogP contribution in [-0.4, -0.2) is 54.3 Å². The maximum Gasteiger partial charge on any atom is 0.346 e. The zero-order chi connectivity index (χ0) is 13.1. The monoisotopic (exact) mass is 261 g/mol. The Labute approximate surface area is 99.7 Å². The number of nitrogens with one attached hydrogen (secondary N) is 1. The van der Waals surface area contributed by atoms with Crippen LogP contribution in [0.15, 0.2) is 11.5 Å². The van der Waals surface area contributed by atoms with Crippen molar-refractivity contribution in [3.63, 3.8) is 0 Å². The van der Waals surface area contributed by atoms with Crippen molar-refractivity contribution in [3.8, 4) is 0 Å². The summed E-state index contributed by atoms with van der Waals surface area (Å²) in [4.78, 5) is 16.9. The molecule has 0 aliphatic rings. The molecule has 1 aromatic heterocycles. The summed E-state index contributed by atoms with van der Waals surface area (Å²) in [6, 6.07) is -0.403. The van der Waals surface area contributed by atoms with E-state index < -0.39 is 21.2 Å². The lowest BCUT2D eigenvalue weighted by Gasteiger charge is -2.17. The first-order chi connectivity index (χ1) is 7.96. The Kier molecular flexibility index (Phi) is 4.18. The molecule has 0 bridgehead atoms. The van der Waals surface area contributed by atoms with Crippen molar-refractivity contribution in [2.45, 2.75) is 19.0 Å². The highest BCUT2D eigenvalue weighted by atomic mass is 32.2. The lowest BCUT2D eigenvalue weighted by molar-refractivity contribution is 0.201. The molecule has 0 unspecified atom stereocenters. The van der Waals surface area contributed by atoms with E-state index in [1.807, 2.05) is 13.8 Å². The molecule has 1 amide bonds. The van der Waals surface area contributed by atoms with Gasteiger partial charge in [-0.1, -0.05) is 0 Å². The van der Waals surface area contributed by atoms with Gasteiger partial charge in [-0.3, -0.25) is 0 Å². The van der Waals surface area contributed by atoms with Crippen LogP contribution >= 0.6 is 0 Å². The van der Waals surface area contributed by atoms with Crippen LogP contribution in [0, 0.1) is 0 Å². The lowest BCUT2D eigenvalue weighted by atomic mass is 10.5. The van der Waals surface area contributed by atoms with E-state index in [-0.39, 0.29) is 0 Å². The molecule has 0 fully saturated rings. The molecule has 0 aliphatic carbocycles. The number of nitrogens with zero attached hydrogens (tertiary/aromatic N) is 4. The quantitative estimate of drug-likeness (QED) is 0.787. The van der Waals surface area contributed by atoms with Crippen molar-refractivity contribution >= 4 is 16.1 Å². The van der Waals surface area contributed by atoms with Gasteiger partial charge < -0.3 is 4.90 Å². The first-order valence-electron chi connectivity index (χ1n) is 5.10. The second-order valence-electron chi connectivity index (χ2n) is 3.13. The Bertz CT molecular complexity index is 491. The summed E-state index contributed by atoms with van der Waals surface area (Å²) in [6.07, 6.45) is 1.09. The minimum Gasteiger partial charge on any atom is -0.323 e. The molecule has 0 saturated heterocycles. The van der Waals surface area contributed by atoms with E-state index in [4.69, 9.17) is 0 Å². The van der Waals surface area contributed by atoms with Gasteiger partial charge in [0.15, 0.2) is 0 Å². The van der Waals surface area contributed by atoms with E-state index in [1.54, 1.807) is 0 Å². The first-order valence-corrected chi connectivity index (χ1v) is 6.59. The van der Waals surface area contributed by atoms with Gasteiger partial charge in [0.2, 0.25) is 0 Å². The molecular formula is C8H15N5O3S. The molecule has 1 heterocycles. The number of aromatic nitrogens is 3. The SMILES string of the molecule is CCN(CC)C(=O)n1cnc(S(=O)(=O)NC)n1. The molecule has 1 N–H and O–H groups in total. The maximum atomic E-state index is 11.8. The average molecular weight is 261 g/mol. The van der Waals surface area contributed by atoms with E-state index in [9.17, 15) is 13.2 Å². The normalized spacial score (nSPS) is 11.5. The van der Waals surface area contributed by atoms with E-state index in [0.29, 0.717) is 13.1 Å². The zero-order valence-electron chi connectivity index (χ0n) is 9.91. The standard InChI is InChI=1S/C8H15N5O3S/c1-4-12(5-2)8(14)13-6-10-7(11-13)17(15,16)9-3/h6,9H,4-5H2,1-3H3. The van der Waals surface area contributed by atoms with Crippen LogP contribution in [0.2, 0.25) is 0 Å². The highest BCUT2D eigenvalue weighted by Gasteiger charge is 2.20. The molecule has 9 heteroatoms. The highest BCUT2D eigenvalue weighted by molar-refractivity contribution is 7.89. The van der Waals surface area contributed by atoms with Gasteiger partial charge >= 0.3 is 6.03 Å². The Hall–Kier alpha value is -1.48. The fourth-order valence-electron chi connectivity index (χ4n) is 1.19. The molecule has 1 aromatic rings. The molecule has 0 saturated carbocycles. The summed E-state index contributed by atoms with van der Waals surface area (Å²) in [5.74, 6) is 0. The van der Waals surface area contributed by atoms with Crippen molar-refractivity contribution in [1.82, 2.24) is 24.4 Å².